The first kappa shape index (κ1) is 16.5. The highest BCUT2D eigenvalue weighted by atomic mass is 32.2. The van der Waals surface area contributed by atoms with Gasteiger partial charge in [0.25, 0.3) is 0 Å². The second kappa shape index (κ2) is 7.04. The molecule has 0 aliphatic carbocycles. The zero-order valence-electron chi connectivity index (χ0n) is 13.2. The Balaban J connectivity index is 1.55. The second-order valence-corrected chi connectivity index (χ2v) is 6.48. The van der Waals surface area contributed by atoms with E-state index in [4.69, 9.17) is 4.74 Å². The SMILES string of the molecule is CCOC(=O)c1ccc(NC(=O)C[C@H]2SC3=NCCN3C2=O)cc1. The highest BCUT2D eigenvalue weighted by molar-refractivity contribution is 8.15. The molecule has 0 saturated carbocycles. The van der Waals surface area contributed by atoms with Crippen LogP contribution in [0.2, 0.25) is 0 Å². The lowest BCUT2D eigenvalue weighted by atomic mass is 10.2. The Labute approximate surface area is 143 Å². The first-order chi connectivity index (χ1) is 11.6. The van der Waals surface area contributed by atoms with Crippen LogP contribution >= 0.6 is 11.8 Å². The van der Waals surface area contributed by atoms with E-state index in [2.05, 4.69) is 10.3 Å². The summed E-state index contributed by atoms with van der Waals surface area (Å²) in [6, 6.07) is 6.45. The van der Waals surface area contributed by atoms with E-state index in [1.54, 1.807) is 36.1 Å². The summed E-state index contributed by atoms with van der Waals surface area (Å²) in [7, 11) is 0. The average Bonchev–Trinajstić information content (AvgIpc) is 3.12. The number of aliphatic imine (C=N–C) groups is 1. The molecular formula is C16H17N3O4S. The molecule has 24 heavy (non-hydrogen) atoms. The van der Waals surface area contributed by atoms with Gasteiger partial charge in [0.05, 0.1) is 18.7 Å². The monoisotopic (exact) mass is 347 g/mol. The van der Waals surface area contributed by atoms with Crippen LogP contribution in [0.5, 0.6) is 0 Å². The minimum absolute atomic E-state index is 0.0518. The number of carbonyl (C=O) groups excluding carboxylic acids is 3. The molecule has 3 rings (SSSR count). The number of rotatable bonds is 5. The number of anilines is 1. The lowest BCUT2D eigenvalue weighted by Gasteiger charge is -2.10. The Morgan fingerprint density at radius 1 is 1.38 bits per heavy atom. The third kappa shape index (κ3) is 3.43. The van der Waals surface area contributed by atoms with Crippen molar-refractivity contribution in [3.63, 3.8) is 0 Å². The van der Waals surface area contributed by atoms with Gasteiger partial charge in [-0.1, -0.05) is 11.8 Å². The molecule has 0 bridgehead atoms. The highest BCUT2D eigenvalue weighted by Crippen LogP contribution is 2.31. The fourth-order valence-corrected chi connectivity index (χ4v) is 3.69. The molecule has 1 fully saturated rings. The molecule has 7 nitrogen and oxygen atoms in total. The molecule has 1 aromatic carbocycles. The highest BCUT2D eigenvalue weighted by Gasteiger charge is 2.40. The van der Waals surface area contributed by atoms with E-state index in [9.17, 15) is 14.4 Å². The minimum atomic E-state index is -0.414. The standard InChI is InChI=1S/C16H17N3O4S/c1-2-23-15(22)10-3-5-11(6-4-10)18-13(20)9-12-14(21)19-8-7-17-16(19)24-12/h3-6,12H,2,7-9H2,1H3,(H,18,20)/t12-/m1/s1. The molecule has 2 aliphatic rings. The molecule has 0 aromatic heterocycles. The van der Waals surface area contributed by atoms with Crippen LogP contribution in [0.15, 0.2) is 29.3 Å². The molecule has 0 radical (unpaired) electrons. The molecule has 8 heteroatoms. The van der Waals surface area contributed by atoms with Gasteiger partial charge >= 0.3 is 5.97 Å². The van der Waals surface area contributed by atoms with Gasteiger partial charge in [-0.05, 0) is 31.2 Å². The molecule has 0 unspecified atom stereocenters. The first-order valence-corrected chi connectivity index (χ1v) is 8.56. The summed E-state index contributed by atoms with van der Waals surface area (Å²) < 4.78 is 4.90. The Bertz CT molecular complexity index is 702. The zero-order chi connectivity index (χ0) is 17.1. The largest absolute Gasteiger partial charge is 0.462 e. The van der Waals surface area contributed by atoms with Crippen molar-refractivity contribution in [2.45, 2.75) is 18.6 Å². The number of nitrogens with zero attached hydrogens (tertiary/aromatic N) is 2. The summed E-state index contributed by atoms with van der Waals surface area (Å²) in [6.45, 7) is 3.30. The Morgan fingerprint density at radius 2 is 2.12 bits per heavy atom. The number of amides is 2. The molecule has 2 amide bonds. The van der Waals surface area contributed by atoms with Crippen LogP contribution < -0.4 is 5.32 Å². The van der Waals surface area contributed by atoms with Gasteiger partial charge in [0.15, 0.2) is 5.17 Å². The number of carbonyl (C=O) groups is 3. The number of benzene rings is 1. The van der Waals surface area contributed by atoms with E-state index < -0.39 is 11.2 Å². The van der Waals surface area contributed by atoms with Crippen molar-refractivity contribution in [2.75, 3.05) is 25.0 Å². The van der Waals surface area contributed by atoms with Crippen molar-refractivity contribution in [3.05, 3.63) is 29.8 Å². The maximum Gasteiger partial charge on any atom is 0.338 e. The van der Waals surface area contributed by atoms with Gasteiger partial charge in [-0.2, -0.15) is 0 Å². The van der Waals surface area contributed by atoms with E-state index >= 15 is 0 Å². The quantitative estimate of drug-likeness (QED) is 0.816. The van der Waals surface area contributed by atoms with E-state index in [0.717, 1.165) is 5.17 Å². The van der Waals surface area contributed by atoms with Crippen LogP contribution in [0.25, 0.3) is 0 Å². The van der Waals surface area contributed by atoms with E-state index in [0.29, 0.717) is 30.9 Å². The van der Waals surface area contributed by atoms with Crippen LogP contribution in [0.1, 0.15) is 23.7 Å². The molecule has 126 valence electrons. The molecular weight excluding hydrogens is 330 g/mol. The van der Waals surface area contributed by atoms with Crippen molar-refractivity contribution in [3.8, 4) is 0 Å². The first-order valence-electron chi connectivity index (χ1n) is 7.68. The van der Waals surface area contributed by atoms with E-state index in [-0.39, 0.29) is 18.2 Å². The van der Waals surface area contributed by atoms with Gasteiger partial charge in [-0.3, -0.25) is 19.5 Å². The number of fused-ring (bicyclic) bond motifs is 1. The second-order valence-electron chi connectivity index (χ2n) is 5.31. The Morgan fingerprint density at radius 3 is 2.79 bits per heavy atom. The fraction of sp³-hybridized carbons (Fsp3) is 0.375. The maximum absolute atomic E-state index is 12.1. The van der Waals surface area contributed by atoms with Gasteiger partial charge in [0.2, 0.25) is 11.8 Å². The summed E-state index contributed by atoms with van der Waals surface area (Å²) in [5, 5.41) is 3.04. The topological polar surface area (TPSA) is 88.1 Å². The normalized spacial score (nSPS) is 19.0. The molecule has 0 spiro atoms. The summed E-state index contributed by atoms with van der Waals surface area (Å²) in [5.74, 6) is -0.694. The van der Waals surface area contributed by atoms with Crippen molar-refractivity contribution < 1.29 is 19.1 Å². The van der Waals surface area contributed by atoms with Crippen LogP contribution in [-0.4, -0.2) is 52.8 Å². The van der Waals surface area contributed by atoms with Gasteiger partial charge in [-0.25, -0.2) is 4.79 Å². The van der Waals surface area contributed by atoms with Crippen LogP contribution in [0.3, 0.4) is 0 Å². The van der Waals surface area contributed by atoms with Crippen molar-refractivity contribution in [2.24, 2.45) is 4.99 Å². The van der Waals surface area contributed by atoms with Crippen molar-refractivity contribution in [1.82, 2.24) is 4.90 Å². The average molecular weight is 347 g/mol. The smallest absolute Gasteiger partial charge is 0.338 e. The lowest BCUT2D eigenvalue weighted by molar-refractivity contribution is -0.127. The van der Waals surface area contributed by atoms with Gasteiger partial charge in [-0.15, -0.1) is 0 Å². The van der Waals surface area contributed by atoms with Crippen molar-refractivity contribution >= 4 is 40.4 Å². The molecule has 1 N–H and O–H groups in total. The molecule has 1 aromatic rings. The fourth-order valence-electron chi connectivity index (χ4n) is 2.50. The number of amidine groups is 1. The molecule has 1 atom stereocenters. The van der Waals surface area contributed by atoms with E-state index in [1.165, 1.54) is 11.8 Å². The van der Waals surface area contributed by atoms with E-state index in [1.807, 2.05) is 0 Å². The van der Waals surface area contributed by atoms with Crippen LogP contribution in [0.4, 0.5) is 5.69 Å². The zero-order valence-corrected chi connectivity index (χ0v) is 14.0. The molecule has 2 heterocycles. The number of thioether (sulfide) groups is 1. The molecule has 1 saturated heterocycles. The predicted molar refractivity (Wildman–Crippen MR) is 91.0 cm³/mol. The number of nitrogens with one attached hydrogen (secondary N) is 1. The predicted octanol–water partition coefficient (Wildman–Crippen LogP) is 1.51. The Hall–Kier alpha value is -2.35. The number of hydrogen-bond acceptors (Lipinski definition) is 6. The number of esters is 1. The summed E-state index contributed by atoms with van der Waals surface area (Å²) in [4.78, 5) is 41.7. The van der Waals surface area contributed by atoms with Crippen LogP contribution in [-0.2, 0) is 14.3 Å². The van der Waals surface area contributed by atoms with Gasteiger partial charge < -0.3 is 10.1 Å². The number of hydrogen-bond donors (Lipinski definition) is 1. The summed E-state index contributed by atoms with van der Waals surface area (Å²) >= 11 is 1.34. The third-order valence-electron chi connectivity index (χ3n) is 3.64. The van der Waals surface area contributed by atoms with Crippen molar-refractivity contribution in [1.29, 1.82) is 0 Å². The molecule has 2 aliphatic heterocycles. The number of ether oxygens (including phenoxy) is 1. The summed E-state index contributed by atoms with van der Waals surface area (Å²) in [5.41, 5.74) is 0.997. The maximum atomic E-state index is 12.1. The minimum Gasteiger partial charge on any atom is -0.462 e. The Kier molecular flexibility index (Phi) is 4.84. The van der Waals surface area contributed by atoms with Crippen LogP contribution in [0, 0.1) is 0 Å². The third-order valence-corrected chi connectivity index (χ3v) is 4.85. The lowest BCUT2D eigenvalue weighted by Crippen LogP contribution is -2.32. The summed E-state index contributed by atoms with van der Waals surface area (Å²) in [6.07, 6.45) is 0.0959. The van der Waals surface area contributed by atoms with Gasteiger partial charge in [0, 0.05) is 18.7 Å². The van der Waals surface area contributed by atoms with Gasteiger partial charge in [0.1, 0.15) is 5.25 Å².